The number of primary amides is 2. The average molecular weight is 966 g/mol. The molecule has 0 aromatic rings. The topological polar surface area (TPSA) is 457 Å². The maximum Gasteiger partial charge on any atom is 0.305 e. The molecule has 0 spiro atoms. The fourth-order valence-corrected chi connectivity index (χ4v) is 5.90. The minimum atomic E-state index is -1.87. The average Bonchev–Trinajstić information content (AvgIpc) is 3.23. The second kappa shape index (κ2) is 30.0. The van der Waals surface area contributed by atoms with Crippen LogP contribution >= 0.6 is 25.3 Å². The highest BCUT2D eigenvalue weighted by Gasteiger charge is 2.36. The normalized spacial score (nSPS) is 14.9. The Hall–Kier alpha value is -6.23. The zero-order chi connectivity index (χ0) is 50.1. The van der Waals surface area contributed by atoms with E-state index in [-0.39, 0.29) is 31.4 Å². The molecule has 0 fully saturated rings. The molecule has 0 saturated heterocycles. The molecule has 27 nitrogen and oxygen atoms in total. The Balaban J connectivity index is 6.12. The Morgan fingerprint density at radius 2 is 0.892 bits per heavy atom. The van der Waals surface area contributed by atoms with E-state index in [9.17, 15) is 72.5 Å². The molecule has 0 aromatic heterocycles. The number of amides is 10. The summed E-state index contributed by atoms with van der Waals surface area (Å²) in [5.41, 5.74) is 15.7. The van der Waals surface area contributed by atoms with Crippen LogP contribution in [0.4, 0.5) is 0 Å². The quantitative estimate of drug-likeness (QED) is 0.0279. The van der Waals surface area contributed by atoms with Gasteiger partial charge in [0.15, 0.2) is 0 Å². The zero-order valence-corrected chi connectivity index (χ0v) is 37.5. The van der Waals surface area contributed by atoms with Gasteiger partial charge < -0.3 is 75.1 Å². The van der Waals surface area contributed by atoms with E-state index < -0.39 is 169 Å². The molecule has 366 valence electrons. The first kappa shape index (κ1) is 58.8. The summed E-state index contributed by atoms with van der Waals surface area (Å²) < 4.78 is 0. The molecule has 29 heteroatoms. The van der Waals surface area contributed by atoms with Gasteiger partial charge in [0, 0.05) is 30.8 Å². The molecule has 0 saturated carbocycles. The van der Waals surface area contributed by atoms with Crippen LogP contribution < -0.4 is 59.7 Å². The molecule has 0 aliphatic carbocycles. The van der Waals surface area contributed by atoms with Crippen molar-refractivity contribution in [1.82, 2.24) is 42.5 Å². The van der Waals surface area contributed by atoms with Gasteiger partial charge >= 0.3 is 17.9 Å². The molecule has 0 rings (SSSR count). The summed E-state index contributed by atoms with van der Waals surface area (Å²) >= 11 is 8.11. The third kappa shape index (κ3) is 22.8. The van der Waals surface area contributed by atoms with Crippen molar-refractivity contribution in [3.8, 4) is 0 Å². The van der Waals surface area contributed by atoms with Crippen molar-refractivity contribution in [2.75, 3.05) is 18.1 Å². The molecular weight excluding hydrogens is 907 g/mol. The number of rotatable bonds is 32. The van der Waals surface area contributed by atoms with Gasteiger partial charge in [-0.2, -0.15) is 25.3 Å². The lowest BCUT2D eigenvalue weighted by atomic mass is 9.97. The van der Waals surface area contributed by atoms with Crippen LogP contribution in [-0.2, 0) is 62.3 Å². The fraction of sp³-hybridized carbons (Fsp3) is 0.639. The Morgan fingerprint density at radius 1 is 0.492 bits per heavy atom. The first-order valence-corrected chi connectivity index (χ1v) is 21.1. The lowest BCUT2D eigenvalue weighted by molar-refractivity contribution is -0.141. The third-order valence-corrected chi connectivity index (χ3v) is 10.0. The maximum absolute atomic E-state index is 13.7. The highest BCUT2D eigenvalue weighted by molar-refractivity contribution is 7.80. The molecule has 0 unspecified atom stereocenters. The summed E-state index contributed by atoms with van der Waals surface area (Å²) in [6, 6.07) is -12.4. The molecule has 9 atom stereocenters. The molecule has 0 bridgehead atoms. The smallest absolute Gasteiger partial charge is 0.305 e. The molecule has 0 aliphatic rings. The summed E-state index contributed by atoms with van der Waals surface area (Å²) in [6.07, 6.45) is -3.55. The van der Waals surface area contributed by atoms with Crippen LogP contribution in [-0.4, -0.2) is 159 Å². The predicted molar refractivity (Wildman–Crippen MR) is 231 cm³/mol. The van der Waals surface area contributed by atoms with Crippen molar-refractivity contribution in [2.45, 2.75) is 120 Å². The van der Waals surface area contributed by atoms with E-state index in [0.29, 0.717) is 0 Å². The van der Waals surface area contributed by atoms with Crippen LogP contribution in [0.15, 0.2) is 0 Å². The summed E-state index contributed by atoms with van der Waals surface area (Å²) in [6.45, 7) is 3.75. The highest BCUT2D eigenvalue weighted by Crippen LogP contribution is 2.11. The number of hydrogen-bond donors (Lipinski definition) is 16. The highest BCUT2D eigenvalue weighted by atomic mass is 32.1. The van der Waals surface area contributed by atoms with Gasteiger partial charge in [0.2, 0.25) is 59.1 Å². The van der Waals surface area contributed by atoms with Crippen LogP contribution in [0, 0.1) is 5.92 Å². The monoisotopic (exact) mass is 965 g/mol. The van der Waals surface area contributed by atoms with Gasteiger partial charge in [0.05, 0.1) is 13.0 Å². The second-order valence-electron chi connectivity index (χ2n) is 14.5. The zero-order valence-electron chi connectivity index (χ0n) is 35.7. The SMILES string of the molecule is CC[C@H](C)[C@H](NC(=O)[C@H](CC(=O)O)NC(=O)[C@H](C)NC(=O)[C@H](CS)NC(=O)[C@H](CCC(=O)O)NC(=O)CN)C(=O)N[C@@H](CS)C(=O)N[C@@H](CCC(=O)O)C(=O)N[C@@H](CCC(N)=O)C(N)=O. The number of aliphatic carboxylic acids is 3. The van der Waals surface area contributed by atoms with Gasteiger partial charge in [-0.15, -0.1) is 0 Å². The summed E-state index contributed by atoms with van der Waals surface area (Å²) in [4.78, 5) is 162. The minimum Gasteiger partial charge on any atom is -0.481 e. The van der Waals surface area contributed by atoms with Crippen LogP contribution in [0.5, 0.6) is 0 Å². The maximum atomic E-state index is 13.7. The van der Waals surface area contributed by atoms with Crippen molar-refractivity contribution in [2.24, 2.45) is 23.1 Å². The molecule has 0 aliphatic heterocycles. The van der Waals surface area contributed by atoms with E-state index in [1.54, 1.807) is 6.92 Å². The van der Waals surface area contributed by atoms with Crippen molar-refractivity contribution < 1.29 is 77.6 Å². The lowest BCUT2D eigenvalue weighted by Gasteiger charge is -2.29. The van der Waals surface area contributed by atoms with Crippen molar-refractivity contribution in [3.05, 3.63) is 0 Å². The number of nitrogens with one attached hydrogen (secondary N) is 8. The Kier molecular flexibility index (Phi) is 27.1. The van der Waals surface area contributed by atoms with Crippen molar-refractivity contribution in [3.63, 3.8) is 0 Å². The van der Waals surface area contributed by atoms with Gasteiger partial charge in [-0.3, -0.25) is 62.3 Å². The van der Waals surface area contributed by atoms with E-state index in [1.807, 2.05) is 0 Å². The van der Waals surface area contributed by atoms with Gasteiger partial charge in [0.1, 0.15) is 48.3 Å². The second-order valence-corrected chi connectivity index (χ2v) is 15.2. The Labute approximate surface area is 383 Å². The van der Waals surface area contributed by atoms with E-state index in [0.717, 1.165) is 6.92 Å². The van der Waals surface area contributed by atoms with E-state index >= 15 is 0 Å². The third-order valence-electron chi connectivity index (χ3n) is 9.29. The Bertz CT molecular complexity index is 1770. The standard InChI is InChI=1S/C36H59N11O16S2/c1-4-15(2)28(36(63)46-22(14-65)35(62)43-19(7-10-26(52)53)32(59)42-17(29(39)56)5-8-23(38)48)47-33(60)20(11-27(54)55)44-30(57)16(3)40-34(61)21(13-64)45-31(58)18(6-9-25(50)51)41-24(49)12-37/h15-22,28,64-65H,4-14,37H2,1-3H3,(H2,38,48)(H2,39,56)(H,40,61)(H,41,49)(H,42,59)(H,43,62)(H,44,57)(H,45,58)(H,46,63)(H,47,60)(H,50,51)(H,52,53)(H,54,55)/t15-,16-,17-,18-,19-,20-,21-,22-,28-/m0/s1. The van der Waals surface area contributed by atoms with Gasteiger partial charge in [-0.25, -0.2) is 0 Å². The van der Waals surface area contributed by atoms with Gasteiger partial charge in [-0.1, -0.05) is 20.3 Å². The first-order valence-electron chi connectivity index (χ1n) is 19.9. The molecule has 17 N–H and O–H groups in total. The number of carboxylic acid groups (broad SMARTS) is 3. The molecule has 65 heavy (non-hydrogen) atoms. The van der Waals surface area contributed by atoms with E-state index in [1.165, 1.54) is 6.92 Å². The molecular formula is C36H59N11O16S2. The molecule has 10 amide bonds. The van der Waals surface area contributed by atoms with Crippen LogP contribution in [0.1, 0.15) is 72.1 Å². The number of carboxylic acids is 3. The van der Waals surface area contributed by atoms with E-state index in [2.05, 4.69) is 67.8 Å². The Morgan fingerprint density at radius 3 is 1.32 bits per heavy atom. The number of carbonyl (C=O) groups excluding carboxylic acids is 10. The fourth-order valence-electron chi connectivity index (χ4n) is 5.38. The number of thiol groups is 2. The number of hydrogen-bond acceptors (Lipinski definition) is 16. The van der Waals surface area contributed by atoms with Crippen LogP contribution in [0.25, 0.3) is 0 Å². The van der Waals surface area contributed by atoms with Gasteiger partial charge in [0.25, 0.3) is 0 Å². The van der Waals surface area contributed by atoms with E-state index in [4.69, 9.17) is 22.3 Å². The minimum absolute atomic E-state index is 0.214. The van der Waals surface area contributed by atoms with Crippen LogP contribution in [0.3, 0.4) is 0 Å². The van der Waals surface area contributed by atoms with Crippen LogP contribution in [0.2, 0.25) is 0 Å². The lowest BCUT2D eigenvalue weighted by Crippen LogP contribution is -2.61. The molecule has 0 aromatic carbocycles. The summed E-state index contributed by atoms with van der Waals surface area (Å²) in [5.74, 6) is -15.8. The van der Waals surface area contributed by atoms with Crippen molar-refractivity contribution in [1.29, 1.82) is 0 Å². The summed E-state index contributed by atoms with van der Waals surface area (Å²) in [5, 5.41) is 45.9. The number of nitrogens with two attached hydrogens (primary N) is 3. The first-order chi connectivity index (χ1) is 30.3. The molecule has 0 radical (unpaired) electrons. The van der Waals surface area contributed by atoms with Gasteiger partial charge in [-0.05, 0) is 32.1 Å². The largest absolute Gasteiger partial charge is 0.481 e. The number of carbonyl (C=O) groups is 13. The van der Waals surface area contributed by atoms with Crippen molar-refractivity contribution >= 4 is 102 Å². The molecule has 0 heterocycles. The predicted octanol–water partition coefficient (Wildman–Crippen LogP) is -6.30. The summed E-state index contributed by atoms with van der Waals surface area (Å²) in [7, 11) is 0.